The Labute approximate surface area is 258 Å². The van der Waals surface area contributed by atoms with Gasteiger partial charge in [-0.2, -0.15) is 0 Å². The Morgan fingerprint density at radius 3 is 1.68 bits per heavy atom. The lowest BCUT2D eigenvalue weighted by Crippen LogP contribution is -2.38. The van der Waals surface area contributed by atoms with Gasteiger partial charge in [0, 0.05) is 19.5 Å². The molecule has 0 aliphatic carbocycles. The quantitative estimate of drug-likeness (QED) is 0.189. The van der Waals surface area contributed by atoms with Crippen LogP contribution in [0.4, 0.5) is 4.39 Å². The zero-order valence-electron chi connectivity index (χ0n) is 25.1. The zero-order valence-corrected chi connectivity index (χ0v) is 25.1. The summed E-state index contributed by atoms with van der Waals surface area (Å²) in [5, 5.41) is 12.0. The van der Waals surface area contributed by atoms with Crippen molar-refractivity contribution >= 4 is 23.0 Å². The van der Waals surface area contributed by atoms with E-state index in [-0.39, 0.29) is 24.1 Å². The monoisotopic (exact) mass is 592 g/mol. The molecule has 1 aliphatic rings. The molecule has 0 radical (unpaired) electrons. The first-order chi connectivity index (χ1) is 21.4. The maximum Gasteiger partial charge on any atom is 0.262 e. The molecule has 0 spiro atoms. The Morgan fingerprint density at radius 2 is 1.20 bits per heavy atom. The van der Waals surface area contributed by atoms with Crippen LogP contribution in [0.25, 0.3) is 11.1 Å². The third kappa shape index (κ3) is 6.49. The molecule has 0 unspecified atom stereocenters. The Balaban J connectivity index is 1.44. The van der Waals surface area contributed by atoms with Gasteiger partial charge in [-0.15, -0.1) is 0 Å². The molecular weight excluding hydrogens is 555 g/mol. The summed E-state index contributed by atoms with van der Waals surface area (Å²) in [4.78, 5) is 31.4. The minimum absolute atomic E-state index is 0.0291. The van der Waals surface area contributed by atoms with Crippen molar-refractivity contribution in [3.63, 3.8) is 0 Å². The summed E-state index contributed by atoms with van der Waals surface area (Å²) < 4.78 is 19.8. The maximum absolute atomic E-state index is 14.0. The summed E-state index contributed by atoms with van der Waals surface area (Å²) >= 11 is 0. The van der Waals surface area contributed by atoms with Gasteiger partial charge in [-0.05, 0) is 59.6 Å². The number of nitrogens with zero attached hydrogens (tertiary/aromatic N) is 2. The van der Waals surface area contributed by atoms with Gasteiger partial charge in [-0.25, -0.2) is 4.39 Å². The van der Waals surface area contributed by atoms with Crippen molar-refractivity contribution in [1.29, 1.82) is 0 Å². The van der Waals surface area contributed by atoms with Crippen LogP contribution in [-0.2, 0) is 15.2 Å². The van der Waals surface area contributed by atoms with E-state index in [4.69, 9.17) is 4.74 Å². The van der Waals surface area contributed by atoms with E-state index in [1.54, 1.807) is 24.3 Å². The topological polar surface area (TPSA) is 70.1 Å². The SMILES string of the molecule is CCN(CC)CCOc1ccc(C2=C(c3ccc(F)cc3)C(=O)N(CCC(O)(c3ccccc3)c3ccccc3)C2=O)cc1. The van der Waals surface area contributed by atoms with Gasteiger partial charge < -0.3 is 14.7 Å². The summed E-state index contributed by atoms with van der Waals surface area (Å²) in [6.45, 7) is 7.41. The second-order valence-electron chi connectivity index (χ2n) is 10.8. The van der Waals surface area contributed by atoms with Gasteiger partial charge in [0.15, 0.2) is 0 Å². The fourth-order valence-electron chi connectivity index (χ4n) is 5.64. The molecule has 0 saturated carbocycles. The van der Waals surface area contributed by atoms with Gasteiger partial charge in [0.25, 0.3) is 11.8 Å². The molecule has 0 fully saturated rings. The third-order valence-corrected chi connectivity index (χ3v) is 8.21. The van der Waals surface area contributed by atoms with E-state index in [9.17, 15) is 19.1 Å². The number of halogens is 1. The van der Waals surface area contributed by atoms with Gasteiger partial charge in [-0.1, -0.05) is 98.8 Å². The maximum atomic E-state index is 14.0. The number of benzene rings is 4. The standard InChI is InChI=1S/C37H37FN2O4/c1-3-39(4-2)25-26-44-32-21-17-28(18-22-32)34-33(27-15-19-31(38)20-16-27)35(41)40(36(34)42)24-23-37(43,29-11-7-5-8-12-29)30-13-9-6-10-14-30/h5-22,43H,3-4,23-26H2,1-2H3. The Hall–Kier alpha value is -4.59. The molecule has 5 rings (SSSR count). The summed E-state index contributed by atoms with van der Waals surface area (Å²) in [7, 11) is 0. The van der Waals surface area contributed by atoms with Crippen molar-refractivity contribution in [2.45, 2.75) is 25.9 Å². The van der Waals surface area contributed by atoms with E-state index in [1.807, 2.05) is 60.7 Å². The minimum atomic E-state index is -1.44. The zero-order chi connectivity index (χ0) is 31.1. The number of imide groups is 1. The number of carbonyl (C=O) groups excluding carboxylic acids is 2. The third-order valence-electron chi connectivity index (χ3n) is 8.21. The smallest absolute Gasteiger partial charge is 0.262 e. The predicted octanol–water partition coefficient (Wildman–Crippen LogP) is 6.15. The second kappa shape index (κ2) is 13.8. The molecule has 4 aromatic carbocycles. The number of amides is 2. The molecule has 4 aromatic rings. The van der Waals surface area contributed by atoms with Crippen molar-refractivity contribution in [2.75, 3.05) is 32.8 Å². The van der Waals surface area contributed by atoms with Crippen LogP contribution in [0.1, 0.15) is 42.5 Å². The largest absolute Gasteiger partial charge is 0.492 e. The van der Waals surface area contributed by atoms with Crippen LogP contribution >= 0.6 is 0 Å². The van der Waals surface area contributed by atoms with Crippen molar-refractivity contribution < 1.29 is 23.8 Å². The van der Waals surface area contributed by atoms with E-state index in [0.717, 1.165) is 19.6 Å². The van der Waals surface area contributed by atoms with Crippen LogP contribution in [0.3, 0.4) is 0 Å². The molecule has 0 saturated heterocycles. The first kappa shape index (κ1) is 30.9. The number of aliphatic hydroxyl groups is 1. The highest BCUT2D eigenvalue weighted by atomic mass is 19.1. The summed E-state index contributed by atoms with van der Waals surface area (Å²) in [5.74, 6) is -0.728. The van der Waals surface area contributed by atoms with E-state index < -0.39 is 23.2 Å². The van der Waals surface area contributed by atoms with E-state index >= 15 is 0 Å². The molecule has 7 heteroatoms. The van der Waals surface area contributed by atoms with Crippen LogP contribution in [0.15, 0.2) is 109 Å². The van der Waals surface area contributed by atoms with Crippen LogP contribution in [0.5, 0.6) is 5.75 Å². The van der Waals surface area contributed by atoms with Crippen LogP contribution in [0.2, 0.25) is 0 Å². The van der Waals surface area contributed by atoms with Crippen LogP contribution in [0, 0.1) is 5.82 Å². The molecule has 1 aliphatic heterocycles. The van der Waals surface area contributed by atoms with Gasteiger partial charge >= 0.3 is 0 Å². The molecule has 226 valence electrons. The average Bonchev–Trinajstić information content (AvgIpc) is 3.32. The molecule has 44 heavy (non-hydrogen) atoms. The van der Waals surface area contributed by atoms with Gasteiger partial charge in [0.1, 0.15) is 23.8 Å². The van der Waals surface area contributed by atoms with E-state index in [0.29, 0.717) is 34.6 Å². The molecule has 6 nitrogen and oxygen atoms in total. The highest BCUT2D eigenvalue weighted by Crippen LogP contribution is 2.39. The Kier molecular flexibility index (Phi) is 9.68. The van der Waals surface area contributed by atoms with Crippen molar-refractivity contribution in [2.24, 2.45) is 0 Å². The Bertz CT molecular complexity index is 1560. The predicted molar refractivity (Wildman–Crippen MR) is 170 cm³/mol. The van der Waals surface area contributed by atoms with Crippen molar-refractivity contribution in [3.8, 4) is 5.75 Å². The normalized spacial score (nSPS) is 13.7. The first-order valence-corrected chi connectivity index (χ1v) is 15.0. The number of likely N-dealkylation sites (N-methyl/N-ethyl adjacent to an activating group) is 1. The summed E-state index contributed by atoms with van der Waals surface area (Å²) in [6, 6.07) is 31.1. The molecule has 0 aromatic heterocycles. The molecule has 2 amide bonds. The summed E-state index contributed by atoms with van der Waals surface area (Å²) in [5.41, 5.74) is 1.33. The molecule has 1 N–H and O–H groups in total. The number of ether oxygens (including phenoxy) is 1. The molecule has 0 atom stereocenters. The van der Waals surface area contributed by atoms with Gasteiger partial charge in [-0.3, -0.25) is 14.5 Å². The van der Waals surface area contributed by atoms with Crippen LogP contribution < -0.4 is 4.74 Å². The number of carbonyl (C=O) groups is 2. The van der Waals surface area contributed by atoms with E-state index in [1.165, 1.54) is 29.2 Å². The minimum Gasteiger partial charge on any atom is -0.492 e. The molecule has 1 heterocycles. The Morgan fingerprint density at radius 1 is 0.727 bits per heavy atom. The highest BCUT2D eigenvalue weighted by Gasteiger charge is 2.41. The first-order valence-electron chi connectivity index (χ1n) is 15.0. The van der Waals surface area contributed by atoms with E-state index in [2.05, 4.69) is 18.7 Å². The lowest BCUT2D eigenvalue weighted by molar-refractivity contribution is -0.136. The number of hydrogen-bond donors (Lipinski definition) is 1. The fraction of sp³-hybridized carbons (Fsp3) is 0.243. The highest BCUT2D eigenvalue weighted by molar-refractivity contribution is 6.49. The fourth-order valence-corrected chi connectivity index (χ4v) is 5.64. The van der Waals surface area contributed by atoms with Gasteiger partial charge in [0.05, 0.1) is 11.1 Å². The molecule has 0 bridgehead atoms. The van der Waals surface area contributed by atoms with Crippen LogP contribution in [-0.4, -0.2) is 59.5 Å². The number of hydrogen-bond acceptors (Lipinski definition) is 5. The average molecular weight is 593 g/mol. The number of rotatable bonds is 13. The lowest BCUT2D eigenvalue weighted by atomic mass is 9.83. The van der Waals surface area contributed by atoms with Crippen molar-refractivity contribution in [3.05, 3.63) is 137 Å². The summed E-state index contributed by atoms with van der Waals surface area (Å²) in [6.07, 6.45) is 0.0851. The lowest BCUT2D eigenvalue weighted by Gasteiger charge is -2.31. The second-order valence-corrected chi connectivity index (χ2v) is 10.8. The van der Waals surface area contributed by atoms with Gasteiger partial charge in [0.2, 0.25) is 0 Å². The molecular formula is C37H37FN2O4. The van der Waals surface area contributed by atoms with Crippen molar-refractivity contribution in [1.82, 2.24) is 9.80 Å².